The van der Waals surface area contributed by atoms with Crippen molar-refractivity contribution in [1.82, 2.24) is 4.90 Å². The van der Waals surface area contributed by atoms with Gasteiger partial charge in [0, 0.05) is 37.6 Å². The van der Waals surface area contributed by atoms with Crippen LogP contribution in [0, 0.1) is 25.7 Å². The van der Waals surface area contributed by atoms with E-state index < -0.39 is 29.1 Å². The predicted molar refractivity (Wildman–Crippen MR) is 174 cm³/mol. The molecule has 0 saturated carbocycles. The van der Waals surface area contributed by atoms with Crippen LogP contribution in [0.15, 0.2) is 67.8 Å². The number of carbonyl (C=O) groups is 3. The van der Waals surface area contributed by atoms with Crippen molar-refractivity contribution in [3.63, 3.8) is 0 Å². The van der Waals surface area contributed by atoms with E-state index in [0.717, 1.165) is 16.8 Å². The summed E-state index contributed by atoms with van der Waals surface area (Å²) in [5.74, 6) is -1.77. The lowest BCUT2D eigenvalue weighted by molar-refractivity contribution is -0.144. The van der Waals surface area contributed by atoms with Gasteiger partial charge >= 0.3 is 0 Å². The Morgan fingerprint density at radius 1 is 1.07 bits per heavy atom. The summed E-state index contributed by atoms with van der Waals surface area (Å²) in [6, 6.07) is 12.3. The first-order valence-electron chi connectivity index (χ1n) is 15.8. The maximum atomic E-state index is 14.8. The molecule has 2 aromatic rings. The lowest BCUT2D eigenvalue weighted by Crippen LogP contribution is -2.57. The molecule has 9 nitrogen and oxygen atoms in total. The minimum Gasteiger partial charge on any atom is -0.494 e. The third-order valence-corrected chi connectivity index (χ3v) is 9.60. The second-order valence-corrected chi connectivity index (χ2v) is 12.5. The molecule has 9 heteroatoms. The van der Waals surface area contributed by atoms with Crippen molar-refractivity contribution in [2.75, 3.05) is 42.6 Å². The second-order valence-electron chi connectivity index (χ2n) is 12.5. The Bertz CT molecular complexity index is 1470. The highest BCUT2D eigenvalue weighted by molar-refractivity contribution is 6.07. The highest BCUT2D eigenvalue weighted by atomic mass is 16.5. The number of amides is 3. The summed E-state index contributed by atoms with van der Waals surface area (Å²) < 4.78 is 12.5. The molecule has 3 heterocycles. The maximum Gasteiger partial charge on any atom is 0.253 e. The van der Waals surface area contributed by atoms with E-state index >= 15 is 0 Å². The van der Waals surface area contributed by atoms with Crippen LogP contribution >= 0.6 is 0 Å². The Balaban J connectivity index is 1.57. The molecule has 3 amide bonds. The Morgan fingerprint density at radius 3 is 2.40 bits per heavy atom. The summed E-state index contributed by atoms with van der Waals surface area (Å²) >= 11 is 0. The van der Waals surface area contributed by atoms with Gasteiger partial charge in [-0.15, -0.1) is 13.2 Å². The second kappa shape index (κ2) is 12.8. The van der Waals surface area contributed by atoms with Crippen LogP contribution in [0.3, 0.4) is 0 Å². The molecule has 0 radical (unpaired) electrons. The standard InChI is InChI=1S/C36H45N3O6/c1-7-19-37(26-13-15-27(16-14-26)44-9-3)32(41)29-30-33(42)39(21-10-22-40)31(36(30)18-17-35(29,6)45-36)34(43)38(20-8-2)28-23-24(4)11-12-25(28)5/h7-8,11-16,23,29-31,40H,1-2,9-10,17-22H2,3-6H3/t29-,30-,31?,35+,36?/m0/s1. The normalized spacial score (nSPS) is 26.5. The van der Waals surface area contributed by atoms with Crippen molar-refractivity contribution in [3.8, 4) is 5.75 Å². The van der Waals surface area contributed by atoms with Gasteiger partial charge in [-0.05, 0) is 88.4 Å². The van der Waals surface area contributed by atoms with Gasteiger partial charge in [-0.1, -0.05) is 24.3 Å². The SMILES string of the molecule is C=CCN(C(=O)[C@@H]1[C@H]2C(=O)N(CCCO)C(C(=O)N(CC=C)c3cc(C)ccc3C)C23CC[C@@]1(C)O3)c1ccc(OCC)cc1. The Morgan fingerprint density at radius 2 is 1.76 bits per heavy atom. The third-order valence-electron chi connectivity index (χ3n) is 9.60. The Hall–Kier alpha value is -3.95. The molecule has 45 heavy (non-hydrogen) atoms. The van der Waals surface area contributed by atoms with Gasteiger partial charge in [0.25, 0.3) is 5.91 Å². The molecule has 240 valence electrons. The van der Waals surface area contributed by atoms with Gasteiger partial charge in [-0.3, -0.25) is 14.4 Å². The van der Waals surface area contributed by atoms with Crippen molar-refractivity contribution >= 4 is 29.1 Å². The quantitative estimate of drug-likeness (QED) is 0.331. The van der Waals surface area contributed by atoms with Crippen LogP contribution < -0.4 is 14.5 Å². The number of likely N-dealkylation sites (tertiary alicyclic amines) is 1. The largest absolute Gasteiger partial charge is 0.494 e. The lowest BCUT2D eigenvalue weighted by Gasteiger charge is -2.37. The van der Waals surface area contributed by atoms with Crippen LogP contribution in [0.2, 0.25) is 0 Å². The number of carbonyl (C=O) groups excluding carboxylic acids is 3. The molecule has 2 bridgehead atoms. The monoisotopic (exact) mass is 615 g/mol. The number of nitrogens with zero attached hydrogens (tertiary/aromatic N) is 3. The van der Waals surface area contributed by atoms with E-state index in [0.29, 0.717) is 37.3 Å². The Kier molecular flexibility index (Phi) is 9.23. The molecule has 3 saturated heterocycles. The first-order valence-corrected chi connectivity index (χ1v) is 15.8. The van der Waals surface area contributed by atoms with E-state index in [2.05, 4.69) is 13.2 Å². The molecule has 5 atom stereocenters. The first-order chi connectivity index (χ1) is 21.6. The average molecular weight is 616 g/mol. The number of aliphatic hydroxyl groups excluding tert-OH is 1. The Labute approximate surface area is 266 Å². The van der Waals surface area contributed by atoms with Gasteiger partial charge in [-0.2, -0.15) is 0 Å². The summed E-state index contributed by atoms with van der Waals surface area (Å²) in [7, 11) is 0. The van der Waals surface area contributed by atoms with Crippen LogP contribution in [0.25, 0.3) is 0 Å². The molecular formula is C36H45N3O6. The van der Waals surface area contributed by atoms with Gasteiger partial charge in [0.1, 0.15) is 17.4 Å². The van der Waals surface area contributed by atoms with Crippen molar-refractivity contribution in [2.24, 2.45) is 11.8 Å². The number of aliphatic hydroxyl groups is 1. The molecule has 3 aliphatic rings. The van der Waals surface area contributed by atoms with Crippen LogP contribution in [0.4, 0.5) is 11.4 Å². The number of ether oxygens (including phenoxy) is 2. The minimum absolute atomic E-state index is 0.137. The number of anilines is 2. The van der Waals surface area contributed by atoms with Gasteiger partial charge < -0.3 is 29.3 Å². The molecule has 2 aromatic carbocycles. The van der Waals surface area contributed by atoms with Gasteiger partial charge in [-0.25, -0.2) is 0 Å². The summed E-state index contributed by atoms with van der Waals surface area (Å²) in [6.45, 7) is 16.6. The first kappa shape index (κ1) is 32.4. The van der Waals surface area contributed by atoms with Gasteiger partial charge in [0.05, 0.1) is 24.0 Å². The molecule has 1 spiro atoms. The zero-order chi connectivity index (χ0) is 32.5. The maximum absolute atomic E-state index is 14.8. The third kappa shape index (κ3) is 5.46. The van der Waals surface area contributed by atoms with Crippen molar-refractivity contribution in [1.29, 1.82) is 0 Å². The number of aryl methyl sites for hydroxylation is 2. The summed E-state index contributed by atoms with van der Waals surface area (Å²) in [5, 5.41) is 9.74. The zero-order valence-corrected chi connectivity index (χ0v) is 26.8. The lowest BCUT2D eigenvalue weighted by atomic mass is 9.66. The van der Waals surface area contributed by atoms with E-state index in [-0.39, 0.29) is 44.0 Å². The van der Waals surface area contributed by atoms with Crippen LogP contribution in [-0.4, -0.2) is 77.8 Å². The molecular weight excluding hydrogens is 570 g/mol. The van der Waals surface area contributed by atoms with Crippen LogP contribution in [0.5, 0.6) is 5.75 Å². The number of hydrogen-bond donors (Lipinski definition) is 1. The van der Waals surface area contributed by atoms with E-state index in [1.54, 1.807) is 26.9 Å². The fourth-order valence-corrected chi connectivity index (χ4v) is 7.67. The fourth-order valence-electron chi connectivity index (χ4n) is 7.67. The predicted octanol–water partition coefficient (Wildman–Crippen LogP) is 4.59. The molecule has 0 aliphatic carbocycles. The molecule has 1 N–H and O–H groups in total. The fraction of sp³-hybridized carbons (Fsp3) is 0.472. The van der Waals surface area contributed by atoms with Crippen molar-refractivity contribution in [3.05, 3.63) is 78.9 Å². The van der Waals surface area contributed by atoms with Gasteiger partial charge in [0.15, 0.2) is 0 Å². The summed E-state index contributed by atoms with van der Waals surface area (Å²) in [5.41, 5.74) is 1.20. The van der Waals surface area contributed by atoms with Crippen molar-refractivity contribution in [2.45, 2.75) is 64.2 Å². The van der Waals surface area contributed by atoms with E-state index in [1.165, 1.54) is 0 Å². The van der Waals surface area contributed by atoms with Crippen molar-refractivity contribution < 1.29 is 29.0 Å². The molecule has 2 unspecified atom stereocenters. The average Bonchev–Trinajstić information content (AvgIpc) is 3.59. The number of rotatable bonds is 13. The molecule has 0 aromatic heterocycles. The zero-order valence-electron chi connectivity index (χ0n) is 26.8. The van der Waals surface area contributed by atoms with E-state index in [4.69, 9.17) is 9.47 Å². The highest BCUT2D eigenvalue weighted by Gasteiger charge is 2.78. The molecule has 3 fully saturated rings. The molecule has 3 aliphatic heterocycles. The van der Waals surface area contributed by atoms with Crippen LogP contribution in [-0.2, 0) is 19.1 Å². The summed E-state index contributed by atoms with van der Waals surface area (Å²) in [6.07, 6.45) is 4.63. The summed E-state index contributed by atoms with van der Waals surface area (Å²) in [4.78, 5) is 48.8. The van der Waals surface area contributed by atoms with E-state index in [9.17, 15) is 19.5 Å². The van der Waals surface area contributed by atoms with Gasteiger partial charge in [0.2, 0.25) is 11.8 Å². The van der Waals surface area contributed by atoms with E-state index in [1.807, 2.05) is 70.2 Å². The number of hydrogen-bond acceptors (Lipinski definition) is 6. The minimum atomic E-state index is -1.19. The smallest absolute Gasteiger partial charge is 0.253 e. The molecule has 5 rings (SSSR count). The highest BCUT2D eigenvalue weighted by Crippen LogP contribution is 2.63. The number of fused-ring (bicyclic) bond motifs is 1. The topological polar surface area (TPSA) is 99.6 Å². The van der Waals surface area contributed by atoms with Crippen LogP contribution in [0.1, 0.15) is 44.2 Å². The number of benzene rings is 2.